The Morgan fingerprint density at radius 3 is 2.38 bits per heavy atom. The standard InChI is InChI=1S/C15H14O/c1-11-2-4-12(5-3-11)8-9-16-15-10-13-6-7-14(13)15/h2-7,10H,8-9H2,1H3. The quantitative estimate of drug-likeness (QED) is 0.642. The van der Waals surface area contributed by atoms with Gasteiger partial charge in [-0.15, -0.1) is 0 Å². The fourth-order valence-electron chi connectivity index (χ4n) is 1.91. The molecule has 1 heteroatoms. The maximum absolute atomic E-state index is 5.70. The van der Waals surface area contributed by atoms with Crippen LogP contribution in [0.25, 0.3) is 0 Å². The number of hydrogen-bond donors (Lipinski definition) is 0. The number of rotatable bonds is 4. The van der Waals surface area contributed by atoms with E-state index in [1.807, 2.05) is 0 Å². The van der Waals surface area contributed by atoms with Crippen molar-refractivity contribution in [2.75, 3.05) is 6.61 Å². The molecular formula is C15H14O. The van der Waals surface area contributed by atoms with Crippen molar-refractivity contribution in [1.29, 1.82) is 0 Å². The van der Waals surface area contributed by atoms with Gasteiger partial charge in [0.1, 0.15) is 5.75 Å². The molecule has 0 N–H and O–H groups in total. The van der Waals surface area contributed by atoms with Crippen molar-refractivity contribution in [3.05, 3.63) is 64.0 Å². The van der Waals surface area contributed by atoms with Gasteiger partial charge in [0.05, 0.1) is 6.61 Å². The molecule has 2 aliphatic rings. The van der Waals surface area contributed by atoms with Crippen LogP contribution in [0.4, 0.5) is 0 Å². The predicted molar refractivity (Wildman–Crippen MR) is 64.5 cm³/mol. The molecule has 0 aliphatic heterocycles. The zero-order chi connectivity index (χ0) is 11.0. The van der Waals surface area contributed by atoms with E-state index < -0.39 is 0 Å². The highest BCUT2D eigenvalue weighted by Crippen LogP contribution is 2.23. The van der Waals surface area contributed by atoms with Crippen molar-refractivity contribution in [2.24, 2.45) is 0 Å². The Balaban J connectivity index is 1.54. The van der Waals surface area contributed by atoms with Gasteiger partial charge >= 0.3 is 0 Å². The first kappa shape index (κ1) is 9.46. The molecule has 0 amide bonds. The summed E-state index contributed by atoms with van der Waals surface area (Å²) in [5.41, 5.74) is 2.64. The third-order valence-electron chi connectivity index (χ3n) is 3.06. The molecule has 0 radical (unpaired) electrons. The highest BCUT2D eigenvalue weighted by atomic mass is 16.5. The number of aryl methyl sites for hydroxylation is 1. The molecule has 0 aromatic heterocycles. The molecule has 16 heavy (non-hydrogen) atoms. The average molecular weight is 210 g/mol. The summed E-state index contributed by atoms with van der Waals surface area (Å²) in [6.07, 6.45) is 0.976. The lowest BCUT2D eigenvalue weighted by Gasteiger charge is -2.12. The van der Waals surface area contributed by atoms with E-state index in [4.69, 9.17) is 4.74 Å². The minimum absolute atomic E-state index is 0.763. The van der Waals surface area contributed by atoms with Crippen molar-refractivity contribution in [1.82, 2.24) is 0 Å². The minimum Gasteiger partial charge on any atom is -0.493 e. The summed E-state index contributed by atoms with van der Waals surface area (Å²) in [6, 6.07) is 15.0. The second-order valence-corrected chi connectivity index (χ2v) is 4.29. The van der Waals surface area contributed by atoms with Crippen LogP contribution in [-0.4, -0.2) is 6.61 Å². The molecule has 1 aromatic carbocycles. The first-order chi connectivity index (χ1) is 7.83. The molecule has 0 heterocycles. The zero-order valence-corrected chi connectivity index (χ0v) is 9.36. The highest BCUT2D eigenvalue weighted by Gasteiger charge is 2.06. The summed E-state index contributed by atoms with van der Waals surface area (Å²) in [4.78, 5) is 0. The van der Waals surface area contributed by atoms with Crippen LogP contribution in [-0.2, 0) is 6.42 Å². The highest BCUT2D eigenvalue weighted by molar-refractivity contribution is 5.38. The van der Waals surface area contributed by atoms with Crippen molar-refractivity contribution < 1.29 is 4.74 Å². The van der Waals surface area contributed by atoms with Gasteiger partial charge in [-0.3, -0.25) is 0 Å². The van der Waals surface area contributed by atoms with Gasteiger partial charge < -0.3 is 4.74 Å². The molecule has 0 bridgehead atoms. The number of hydrogen-bond acceptors (Lipinski definition) is 1. The Morgan fingerprint density at radius 1 is 1.00 bits per heavy atom. The van der Waals surface area contributed by atoms with Crippen LogP contribution < -0.4 is 4.74 Å². The predicted octanol–water partition coefficient (Wildman–Crippen LogP) is 3.22. The van der Waals surface area contributed by atoms with Gasteiger partial charge in [0.15, 0.2) is 0 Å². The number of benzene rings is 2. The molecule has 80 valence electrons. The van der Waals surface area contributed by atoms with Gasteiger partial charge in [-0.25, -0.2) is 0 Å². The molecule has 1 aromatic rings. The molecule has 3 rings (SSSR count). The first-order valence-corrected chi connectivity index (χ1v) is 5.66. The van der Waals surface area contributed by atoms with Crippen LogP contribution in [0.2, 0.25) is 0 Å². The van der Waals surface area contributed by atoms with Crippen molar-refractivity contribution in [2.45, 2.75) is 13.3 Å². The Kier molecular flexibility index (Phi) is 2.17. The van der Waals surface area contributed by atoms with E-state index in [-0.39, 0.29) is 0 Å². The van der Waals surface area contributed by atoms with Crippen LogP contribution in [0.3, 0.4) is 0 Å². The van der Waals surface area contributed by atoms with E-state index >= 15 is 0 Å². The second kappa shape index (κ2) is 3.67. The second-order valence-electron chi connectivity index (χ2n) is 4.29. The zero-order valence-electron chi connectivity index (χ0n) is 9.36. The average Bonchev–Trinajstić information content (AvgIpc) is 2.27. The number of ether oxygens (including phenoxy) is 1. The Hall–Kier alpha value is -1.76. The molecule has 2 aliphatic carbocycles. The van der Waals surface area contributed by atoms with Gasteiger partial charge in [0, 0.05) is 11.6 Å². The summed E-state index contributed by atoms with van der Waals surface area (Å²) >= 11 is 0. The third-order valence-corrected chi connectivity index (χ3v) is 3.06. The van der Waals surface area contributed by atoms with Gasteiger partial charge in [-0.05, 0) is 23.8 Å². The normalized spacial score (nSPS) is 11.3. The van der Waals surface area contributed by atoms with Crippen LogP contribution in [0.1, 0.15) is 11.1 Å². The monoisotopic (exact) mass is 210 g/mol. The maximum Gasteiger partial charge on any atom is 0.127 e. The van der Waals surface area contributed by atoms with Gasteiger partial charge in [-0.1, -0.05) is 42.0 Å². The van der Waals surface area contributed by atoms with E-state index in [1.165, 1.54) is 21.6 Å². The summed E-state index contributed by atoms with van der Waals surface area (Å²) in [7, 11) is 0. The lowest BCUT2D eigenvalue weighted by Crippen LogP contribution is -2.04. The van der Waals surface area contributed by atoms with Gasteiger partial charge in [0.25, 0.3) is 0 Å². The summed E-state index contributed by atoms with van der Waals surface area (Å²) in [5, 5.41) is 2.63. The Morgan fingerprint density at radius 2 is 1.81 bits per heavy atom. The maximum atomic E-state index is 5.70. The summed E-state index contributed by atoms with van der Waals surface area (Å²) in [6.45, 7) is 2.87. The largest absolute Gasteiger partial charge is 0.493 e. The van der Waals surface area contributed by atoms with Crippen LogP contribution in [0.15, 0.2) is 42.5 Å². The van der Waals surface area contributed by atoms with E-state index in [2.05, 4.69) is 49.4 Å². The van der Waals surface area contributed by atoms with E-state index in [0.717, 1.165) is 18.8 Å². The van der Waals surface area contributed by atoms with Gasteiger partial charge in [-0.2, -0.15) is 0 Å². The Labute approximate surface area is 95.0 Å². The third kappa shape index (κ3) is 1.58. The van der Waals surface area contributed by atoms with E-state index in [0.29, 0.717) is 0 Å². The molecule has 0 saturated heterocycles. The minimum atomic E-state index is 0.763. The van der Waals surface area contributed by atoms with Crippen LogP contribution in [0, 0.1) is 17.4 Å². The molecule has 0 fully saturated rings. The molecule has 0 saturated carbocycles. The van der Waals surface area contributed by atoms with Crippen molar-refractivity contribution >= 4 is 0 Å². The fraction of sp³-hybridized carbons (Fsp3) is 0.200. The van der Waals surface area contributed by atoms with Crippen LogP contribution in [0.5, 0.6) is 5.75 Å². The molecular weight excluding hydrogens is 196 g/mol. The molecule has 0 unspecified atom stereocenters. The van der Waals surface area contributed by atoms with Crippen molar-refractivity contribution in [3.63, 3.8) is 0 Å². The smallest absolute Gasteiger partial charge is 0.127 e. The SMILES string of the molecule is Cc1ccc(CCOc2cc3ccc2=3)cc1. The summed E-state index contributed by atoms with van der Waals surface area (Å²) in [5.74, 6) is 1.06. The topological polar surface area (TPSA) is 9.23 Å². The Bertz CT molecular complexity index is 596. The van der Waals surface area contributed by atoms with Crippen molar-refractivity contribution in [3.8, 4) is 5.75 Å². The molecule has 1 nitrogen and oxygen atoms in total. The lowest BCUT2D eigenvalue weighted by atomic mass is 10.1. The molecule has 0 atom stereocenters. The van der Waals surface area contributed by atoms with E-state index in [9.17, 15) is 0 Å². The summed E-state index contributed by atoms with van der Waals surface area (Å²) < 4.78 is 5.70. The van der Waals surface area contributed by atoms with Gasteiger partial charge in [0.2, 0.25) is 0 Å². The fourth-order valence-corrected chi connectivity index (χ4v) is 1.91. The lowest BCUT2D eigenvalue weighted by molar-refractivity contribution is 0.316. The molecule has 0 spiro atoms. The van der Waals surface area contributed by atoms with E-state index in [1.54, 1.807) is 0 Å². The first-order valence-electron chi connectivity index (χ1n) is 5.66. The van der Waals surface area contributed by atoms with Crippen LogP contribution >= 0.6 is 0 Å².